The van der Waals surface area contributed by atoms with Gasteiger partial charge in [0, 0.05) is 37.6 Å². The van der Waals surface area contributed by atoms with Crippen molar-refractivity contribution < 1.29 is 4.42 Å². The van der Waals surface area contributed by atoms with Crippen molar-refractivity contribution in [1.82, 2.24) is 20.1 Å². The fourth-order valence-corrected chi connectivity index (χ4v) is 3.33. The summed E-state index contributed by atoms with van der Waals surface area (Å²) in [7, 11) is 0. The fraction of sp³-hybridized carbons (Fsp3) is 0.350. The van der Waals surface area contributed by atoms with Gasteiger partial charge in [-0.2, -0.15) is 0 Å². The maximum Gasteiger partial charge on any atom is 0.274 e. The molecule has 1 aliphatic heterocycles. The van der Waals surface area contributed by atoms with Crippen LogP contribution >= 0.6 is 0 Å². The largest absolute Gasteiger partial charge is 0.469 e. The number of nitrogens with one attached hydrogen (secondary N) is 2. The minimum atomic E-state index is -0.278. The highest BCUT2D eigenvalue weighted by Crippen LogP contribution is 2.20. The average molecular weight is 380 g/mol. The van der Waals surface area contributed by atoms with Crippen molar-refractivity contribution in [1.29, 1.82) is 0 Å². The molecule has 146 valence electrons. The number of nitrogens with zero attached hydrogens (tertiary/aromatic N) is 4. The molecule has 0 unspecified atom stereocenters. The van der Waals surface area contributed by atoms with Crippen LogP contribution in [-0.2, 0) is 6.42 Å². The Bertz CT molecular complexity index is 944. The Kier molecular flexibility index (Phi) is 5.38. The van der Waals surface area contributed by atoms with E-state index in [9.17, 15) is 4.79 Å². The Hall–Kier alpha value is -3.13. The maximum atomic E-state index is 12.2. The molecule has 3 aromatic rings. The van der Waals surface area contributed by atoms with Gasteiger partial charge in [0.25, 0.3) is 5.56 Å². The number of furan rings is 1. The molecule has 1 fully saturated rings. The highest BCUT2D eigenvalue weighted by atomic mass is 16.3. The summed E-state index contributed by atoms with van der Waals surface area (Å²) < 4.78 is 5.25. The average Bonchev–Trinajstić information content (AvgIpc) is 3.24. The molecule has 1 saturated heterocycles. The number of aromatic amines is 1. The van der Waals surface area contributed by atoms with E-state index in [0.717, 1.165) is 38.4 Å². The van der Waals surface area contributed by atoms with Crippen LogP contribution in [0, 0.1) is 0 Å². The van der Waals surface area contributed by atoms with Crippen molar-refractivity contribution in [3.63, 3.8) is 0 Å². The van der Waals surface area contributed by atoms with Gasteiger partial charge in [0.05, 0.1) is 12.7 Å². The first-order valence-electron chi connectivity index (χ1n) is 9.54. The summed E-state index contributed by atoms with van der Waals surface area (Å²) in [5.41, 5.74) is 2.09. The van der Waals surface area contributed by atoms with E-state index in [-0.39, 0.29) is 5.56 Å². The number of benzene rings is 1. The van der Waals surface area contributed by atoms with E-state index >= 15 is 0 Å². The van der Waals surface area contributed by atoms with E-state index in [2.05, 4.69) is 49.4 Å². The van der Waals surface area contributed by atoms with Crippen LogP contribution in [0.4, 0.5) is 17.3 Å². The normalized spacial score (nSPS) is 15.0. The smallest absolute Gasteiger partial charge is 0.274 e. The summed E-state index contributed by atoms with van der Waals surface area (Å²) >= 11 is 0. The number of piperazine rings is 1. The minimum Gasteiger partial charge on any atom is -0.469 e. The Morgan fingerprint density at radius 1 is 1.11 bits per heavy atom. The molecule has 0 bridgehead atoms. The predicted molar refractivity (Wildman–Crippen MR) is 108 cm³/mol. The van der Waals surface area contributed by atoms with Gasteiger partial charge in [0.15, 0.2) is 0 Å². The number of hydrogen-bond donors (Lipinski definition) is 2. The SMILES string of the molecule is CCN1CCN(c2ccc(Nc3nnc(Cc4ccco4)c(=O)[nH]3)cc2)CC1. The molecule has 0 atom stereocenters. The molecule has 0 radical (unpaired) electrons. The number of likely N-dealkylation sites (N-methyl/N-ethyl adjacent to an activating group) is 1. The van der Waals surface area contributed by atoms with Crippen LogP contribution in [0.15, 0.2) is 51.9 Å². The zero-order valence-electron chi connectivity index (χ0n) is 15.9. The minimum absolute atomic E-state index is 0.278. The third-order valence-electron chi connectivity index (χ3n) is 5.00. The lowest BCUT2D eigenvalue weighted by Crippen LogP contribution is -2.46. The van der Waals surface area contributed by atoms with Crippen molar-refractivity contribution in [2.24, 2.45) is 0 Å². The first-order chi connectivity index (χ1) is 13.7. The van der Waals surface area contributed by atoms with Crippen LogP contribution in [-0.4, -0.2) is 52.8 Å². The second-order valence-corrected chi connectivity index (χ2v) is 6.80. The summed E-state index contributed by atoms with van der Waals surface area (Å²) in [6.07, 6.45) is 1.88. The number of hydrogen-bond acceptors (Lipinski definition) is 7. The van der Waals surface area contributed by atoms with Crippen LogP contribution in [0.2, 0.25) is 0 Å². The molecule has 28 heavy (non-hydrogen) atoms. The van der Waals surface area contributed by atoms with E-state index in [0.29, 0.717) is 23.8 Å². The fourth-order valence-electron chi connectivity index (χ4n) is 3.33. The summed E-state index contributed by atoms with van der Waals surface area (Å²) in [6, 6.07) is 11.7. The molecular weight excluding hydrogens is 356 g/mol. The molecule has 8 nitrogen and oxygen atoms in total. The van der Waals surface area contributed by atoms with Gasteiger partial charge in [0.2, 0.25) is 5.95 Å². The van der Waals surface area contributed by atoms with E-state index in [1.54, 1.807) is 18.4 Å². The molecule has 3 heterocycles. The monoisotopic (exact) mass is 380 g/mol. The molecule has 1 aliphatic rings. The van der Waals surface area contributed by atoms with Gasteiger partial charge >= 0.3 is 0 Å². The lowest BCUT2D eigenvalue weighted by atomic mass is 10.2. The zero-order chi connectivity index (χ0) is 19.3. The first-order valence-corrected chi connectivity index (χ1v) is 9.54. The van der Waals surface area contributed by atoms with Crippen molar-refractivity contribution in [2.75, 3.05) is 42.9 Å². The van der Waals surface area contributed by atoms with Gasteiger partial charge in [-0.3, -0.25) is 9.78 Å². The van der Waals surface area contributed by atoms with Crippen molar-refractivity contribution in [3.8, 4) is 0 Å². The Morgan fingerprint density at radius 2 is 1.89 bits per heavy atom. The van der Waals surface area contributed by atoms with E-state index in [1.165, 1.54) is 5.69 Å². The molecule has 0 spiro atoms. The molecule has 2 aromatic heterocycles. The van der Waals surface area contributed by atoms with Crippen molar-refractivity contribution in [2.45, 2.75) is 13.3 Å². The van der Waals surface area contributed by atoms with Crippen molar-refractivity contribution in [3.05, 3.63) is 64.5 Å². The predicted octanol–water partition coefficient (Wildman–Crippen LogP) is 2.23. The van der Waals surface area contributed by atoms with Gasteiger partial charge < -0.3 is 19.5 Å². The molecule has 2 N–H and O–H groups in total. The van der Waals surface area contributed by atoms with E-state index in [4.69, 9.17) is 4.42 Å². The second kappa shape index (κ2) is 8.26. The topological polar surface area (TPSA) is 90.3 Å². The summed E-state index contributed by atoms with van der Waals surface area (Å²) in [6.45, 7) is 7.57. The number of rotatable bonds is 6. The summed E-state index contributed by atoms with van der Waals surface area (Å²) in [4.78, 5) is 19.8. The molecule has 0 aliphatic carbocycles. The van der Waals surface area contributed by atoms with Crippen LogP contribution < -0.4 is 15.8 Å². The van der Waals surface area contributed by atoms with Gasteiger partial charge in [0.1, 0.15) is 11.5 Å². The summed E-state index contributed by atoms with van der Waals surface area (Å²) in [5.74, 6) is 0.994. The number of aromatic nitrogens is 3. The lowest BCUT2D eigenvalue weighted by Gasteiger charge is -2.35. The second-order valence-electron chi connectivity index (χ2n) is 6.80. The quantitative estimate of drug-likeness (QED) is 0.678. The third-order valence-corrected chi connectivity index (χ3v) is 5.00. The summed E-state index contributed by atoms with van der Waals surface area (Å²) in [5, 5.41) is 11.2. The van der Waals surface area contributed by atoms with Gasteiger partial charge in [-0.15, -0.1) is 10.2 Å². The third kappa shape index (κ3) is 4.23. The number of anilines is 3. The molecular formula is C20H24N6O2. The highest BCUT2D eigenvalue weighted by Gasteiger charge is 2.15. The zero-order valence-corrected chi connectivity index (χ0v) is 15.9. The highest BCUT2D eigenvalue weighted by molar-refractivity contribution is 5.59. The van der Waals surface area contributed by atoms with E-state index < -0.39 is 0 Å². The van der Waals surface area contributed by atoms with E-state index in [1.807, 2.05) is 12.1 Å². The first kappa shape index (κ1) is 18.2. The van der Waals surface area contributed by atoms with Gasteiger partial charge in [-0.1, -0.05) is 6.92 Å². The van der Waals surface area contributed by atoms with Crippen LogP contribution in [0.25, 0.3) is 0 Å². The van der Waals surface area contributed by atoms with Crippen LogP contribution in [0.1, 0.15) is 18.4 Å². The Morgan fingerprint density at radius 3 is 2.54 bits per heavy atom. The molecule has 0 amide bonds. The lowest BCUT2D eigenvalue weighted by molar-refractivity contribution is 0.271. The molecule has 4 rings (SSSR count). The van der Waals surface area contributed by atoms with Crippen molar-refractivity contribution >= 4 is 17.3 Å². The molecule has 8 heteroatoms. The van der Waals surface area contributed by atoms with Crippen LogP contribution in [0.3, 0.4) is 0 Å². The number of H-pyrrole nitrogens is 1. The van der Waals surface area contributed by atoms with Gasteiger partial charge in [-0.05, 0) is 42.9 Å². The standard InChI is InChI=1S/C20H24N6O2/c1-2-25-9-11-26(12-10-25)16-7-5-15(6-8-16)21-20-22-19(27)18(23-24-20)14-17-4-3-13-28-17/h3-8,13H,2,9-12,14H2,1H3,(H2,21,22,24,27). The Balaban J connectivity index is 1.39. The molecule has 0 saturated carbocycles. The van der Waals surface area contributed by atoms with Gasteiger partial charge in [-0.25, -0.2) is 0 Å². The van der Waals surface area contributed by atoms with Crippen LogP contribution in [0.5, 0.6) is 0 Å². The molecule has 1 aromatic carbocycles. The maximum absolute atomic E-state index is 12.2. The Labute approximate surface area is 163 Å².